The fraction of sp³-hybridized carbons (Fsp3) is 0.333. The third kappa shape index (κ3) is 4.91. The first-order valence-corrected chi connectivity index (χ1v) is 12.9. The van der Waals surface area contributed by atoms with Crippen molar-refractivity contribution in [1.29, 1.82) is 0 Å². The number of para-hydroxylation sites is 2. The number of fused-ring (bicyclic) bond motifs is 3. The molecular formula is C30H32N4O3. The molecule has 0 fully saturated rings. The number of benzene rings is 2. The molecule has 1 unspecified atom stereocenters. The van der Waals surface area contributed by atoms with Gasteiger partial charge in [0.2, 0.25) is 0 Å². The molecule has 1 aliphatic heterocycles. The highest BCUT2D eigenvalue weighted by atomic mass is 16.5. The van der Waals surface area contributed by atoms with Crippen LogP contribution in [0.3, 0.4) is 0 Å². The first kappa shape index (κ1) is 24.8. The number of nitrogens with zero attached hydrogens (tertiary/aromatic N) is 3. The van der Waals surface area contributed by atoms with E-state index in [4.69, 9.17) is 9.72 Å². The summed E-state index contributed by atoms with van der Waals surface area (Å²) in [4.78, 5) is 38.8. The molecule has 0 saturated carbocycles. The molecule has 2 aromatic heterocycles. The van der Waals surface area contributed by atoms with Crippen molar-refractivity contribution in [3.8, 4) is 0 Å². The standard InChI is InChI=1S/C30H32N4O3/c1-5-27(29(35)33-26-16-19(4)31-23-12-8-6-10-20(23)26)37-30(36)28-21-11-7-9-13-24(21)32-25-14-15-34(18(2)3)17-22(25)28/h6-13,16,18,27H,5,14-15,17H2,1-4H3,(H,31,33,35). The van der Waals surface area contributed by atoms with Crippen LogP contribution in [0.15, 0.2) is 54.6 Å². The Hall–Kier alpha value is -3.84. The first-order chi connectivity index (χ1) is 17.9. The van der Waals surface area contributed by atoms with Gasteiger partial charge in [0.1, 0.15) is 0 Å². The molecule has 1 atom stereocenters. The first-order valence-electron chi connectivity index (χ1n) is 12.9. The average Bonchev–Trinajstić information content (AvgIpc) is 2.89. The van der Waals surface area contributed by atoms with E-state index in [2.05, 4.69) is 29.0 Å². The molecule has 0 aliphatic carbocycles. The number of carbonyl (C=O) groups excluding carboxylic acids is 2. The van der Waals surface area contributed by atoms with E-state index >= 15 is 0 Å². The van der Waals surface area contributed by atoms with Gasteiger partial charge >= 0.3 is 5.97 Å². The van der Waals surface area contributed by atoms with Crippen LogP contribution in [-0.4, -0.2) is 45.4 Å². The van der Waals surface area contributed by atoms with Crippen LogP contribution in [0, 0.1) is 6.92 Å². The molecule has 5 rings (SSSR count). The van der Waals surface area contributed by atoms with E-state index in [0.29, 0.717) is 30.3 Å². The van der Waals surface area contributed by atoms with Crippen LogP contribution >= 0.6 is 0 Å². The molecule has 0 spiro atoms. The second kappa shape index (κ2) is 10.3. The predicted molar refractivity (Wildman–Crippen MR) is 146 cm³/mol. The Morgan fingerprint density at radius 3 is 2.41 bits per heavy atom. The number of nitrogens with one attached hydrogen (secondary N) is 1. The van der Waals surface area contributed by atoms with Crippen molar-refractivity contribution in [2.75, 3.05) is 11.9 Å². The van der Waals surface area contributed by atoms with Gasteiger partial charge in [-0.3, -0.25) is 19.7 Å². The lowest BCUT2D eigenvalue weighted by Crippen LogP contribution is -2.38. The zero-order valence-electron chi connectivity index (χ0n) is 21.7. The maximum Gasteiger partial charge on any atom is 0.340 e. The minimum atomic E-state index is -0.938. The highest BCUT2D eigenvalue weighted by Crippen LogP contribution is 2.30. The van der Waals surface area contributed by atoms with Gasteiger partial charge in [0.15, 0.2) is 6.10 Å². The molecule has 1 amide bonds. The van der Waals surface area contributed by atoms with Gasteiger partial charge in [0.25, 0.3) is 5.91 Å². The van der Waals surface area contributed by atoms with E-state index in [1.54, 1.807) is 0 Å². The lowest BCUT2D eigenvalue weighted by molar-refractivity contribution is -0.124. The van der Waals surface area contributed by atoms with Crippen molar-refractivity contribution in [1.82, 2.24) is 14.9 Å². The average molecular weight is 497 g/mol. The van der Waals surface area contributed by atoms with E-state index < -0.39 is 12.1 Å². The van der Waals surface area contributed by atoms with E-state index in [1.165, 1.54) is 0 Å². The molecular weight excluding hydrogens is 464 g/mol. The number of anilines is 1. The molecule has 190 valence electrons. The number of carbonyl (C=O) groups is 2. The molecule has 37 heavy (non-hydrogen) atoms. The fourth-order valence-electron chi connectivity index (χ4n) is 5.02. The molecule has 4 aromatic rings. The molecule has 7 nitrogen and oxygen atoms in total. The van der Waals surface area contributed by atoms with Gasteiger partial charge in [-0.25, -0.2) is 4.79 Å². The summed E-state index contributed by atoms with van der Waals surface area (Å²) in [6, 6.07) is 17.5. The monoisotopic (exact) mass is 496 g/mol. The zero-order chi connectivity index (χ0) is 26.1. The topological polar surface area (TPSA) is 84.4 Å². The summed E-state index contributed by atoms with van der Waals surface area (Å²) in [5.74, 6) is -0.846. The second-order valence-corrected chi connectivity index (χ2v) is 9.86. The summed E-state index contributed by atoms with van der Waals surface area (Å²) < 4.78 is 5.92. The van der Waals surface area contributed by atoms with Crippen LogP contribution in [0.4, 0.5) is 5.69 Å². The Morgan fingerprint density at radius 2 is 1.70 bits per heavy atom. The van der Waals surface area contributed by atoms with Crippen LogP contribution in [0.5, 0.6) is 0 Å². The minimum absolute atomic E-state index is 0.344. The lowest BCUT2D eigenvalue weighted by Gasteiger charge is -2.32. The second-order valence-electron chi connectivity index (χ2n) is 9.86. The quantitative estimate of drug-likeness (QED) is 0.358. The summed E-state index contributed by atoms with van der Waals surface area (Å²) >= 11 is 0. The molecule has 2 aromatic carbocycles. The Kier molecular flexibility index (Phi) is 6.89. The highest BCUT2D eigenvalue weighted by Gasteiger charge is 2.30. The summed E-state index contributed by atoms with van der Waals surface area (Å²) in [5, 5.41) is 4.57. The highest BCUT2D eigenvalue weighted by molar-refractivity contribution is 6.07. The number of rotatable bonds is 6. The summed E-state index contributed by atoms with van der Waals surface area (Å²) in [5.41, 5.74) is 5.36. The predicted octanol–water partition coefficient (Wildman–Crippen LogP) is 5.43. The SMILES string of the molecule is CCC(OC(=O)c1c2c(nc3ccccc13)CCN(C(C)C)C2)C(=O)Nc1cc(C)nc2ccccc12. The molecule has 0 saturated heterocycles. The Labute approximate surface area is 216 Å². The van der Waals surface area contributed by atoms with Crippen molar-refractivity contribution < 1.29 is 14.3 Å². The van der Waals surface area contributed by atoms with Gasteiger partial charge in [0, 0.05) is 53.3 Å². The van der Waals surface area contributed by atoms with Crippen molar-refractivity contribution in [3.05, 3.63) is 77.1 Å². The van der Waals surface area contributed by atoms with Gasteiger partial charge in [-0.2, -0.15) is 0 Å². The van der Waals surface area contributed by atoms with E-state index in [1.807, 2.05) is 68.4 Å². The largest absolute Gasteiger partial charge is 0.449 e. The van der Waals surface area contributed by atoms with Crippen LogP contribution in [0.25, 0.3) is 21.8 Å². The number of hydrogen-bond donors (Lipinski definition) is 1. The molecule has 0 bridgehead atoms. The van der Waals surface area contributed by atoms with Crippen LogP contribution in [-0.2, 0) is 22.5 Å². The molecule has 0 radical (unpaired) electrons. The fourth-order valence-corrected chi connectivity index (χ4v) is 5.02. The summed E-state index contributed by atoms with van der Waals surface area (Å²) in [6.07, 6.45) is 0.181. The molecule has 1 aliphatic rings. The number of hydrogen-bond acceptors (Lipinski definition) is 6. The summed E-state index contributed by atoms with van der Waals surface area (Å²) in [6.45, 7) is 9.55. The van der Waals surface area contributed by atoms with Gasteiger partial charge in [0.05, 0.1) is 22.3 Å². The van der Waals surface area contributed by atoms with Crippen LogP contribution in [0.2, 0.25) is 0 Å². The maximum absolute atomic E-state index is 13.7. The third-order valence-corrected chi connectivity index (χ3v) is 7.03. The maximum atomic E-state index is 13.7. The number of aromatic nitrogens is 2. The minimum Gasteiger partial charge on any atom is -0.449 e. The number of aryl methyl sites for hydroxylation is 1. The molecule has 3 heterocycles. The van der Waals surface area contributed by atoms with Crippen molar-refractivity contribution >= 4 is 39.4 Å². The lowest BCUT2D eigenvalue weighted by atomic mass is 9.95. The van der Waals surface area contributed by atoms with Gasteiger partial charge < -0.3 is 10.1 Å². The number of pyridine rings is 2. The van der Waals surface area contributed by atoms with Crippen molar-refractivity contribution in [2.24, 2.45) is 0 Å². The molecule has 1 N–H and O–H groups in total. The van der Waals surface area contributed by atoms with Gasteiger partial charge in [-0.15, -0.1) is 0 Å². The Morgan fingerprint density at radius 1 is 1.03 bits per heavy atom. The van der Waals surface area contributed by atoms with Crippen LogP contribution in [0.1, 0.15) is 54.5 Å². The van der Waals surface area contributed by atoms with E-state index in [0.717, 1.165) is 51.7 Å². The smallest absolute Gasteiger partial charge is 0.340 e. The van der Waals surface area contributed by atoms with Crippen molar-refractivity contribution in [2.45, 2.75) is 59.2 Å². The summed E-state index contributed by atoms with van der Waals surface area (Å²) in [7, 11) is 0. The van der Waals surface area contributed by atoms with E-state index in [9.17, 15) is 9.59 Å². The third-order valence-electron chi connectivity index (χ3n) is 7.03. The van der Waals surface area contributed by atoms with E-state index in [-0.39, 0.29) is 5.91 Å². The number of esters is 1. The normalized spacial score (nSPS) is 14.5. The van der Waals surface area contributed by atoms with Crippen molar-refractivity contribution in [3.63, 3.8) is 0 Å². The Bertz CT molecular complexity index is 1500. The number of amides is 1. The zero-order valence-corrected chi connectivity index (χ0v) is 21.7. The number of ether oxygens (including phenoxy) is 1. The Balaban J connectivity index is 1.46. The van der Waals surface area contributed by atoms with Crippen LogP contribution < -0.4 is 5.32 Å². The van der Waals surface area contributed by atoms with Gasteiger partial charge in [-0.05, 0) is 45.4 Å². The van der Waals surface area contributed by atoms with Gasteiger partial charge in [-0.1, -0.05) is 43.3 Å². The molecule has 7 heteroatoms.